The molecular weight excluding hydrogens is 276 g/mol. The molecule has 1 aromatic rings. The summed E-state index contributed by atoms with van der Waals surface area (Å²) in [7, 11) is -6.20. The average Bonchev–Trinajstić information content (AvgIpc) is 2.39. The lowest BCUT2D eigenvalue weighted by molar-refractivity contribution is 0.243. The van der Waals surface area contributed by atoms with E-state index >= 15 is 0 Å². The third-order valence-corrected chi connectivity index (χ3v) is 6.56. The normalized spacial score (nSPS) is 16.9. The molecule has 0 fully saturated rings. The Morgan fingerprint density at radius 3 is 2.67 bits per heavy atom. The predicted molar refractivity (Wildman–Crippen MR) is 68.3 cm³/mol. The molecule has 0 aliphatic rings. The fourth-order valence-corrected chi connectivity index (χ4v) is 4.84. The first-order valence-corrected chi connectivity index (χ1v) is 8.43. The zero-order chi connectivity index (χ0) is 13.6. The molecule has 100 valence electrons. The van der Waals surface area contributed by atoms with E-state index in [1.165, 1.54) is 12.3 Å². The van der Waals surface area contributed by atoms with Gasteiger partial charge in [-0.3, -0.25) is 9.55 Å². The third kappa shape index (κ3) is 3.44. The van der Waals surface area contributed by atoms with Crippen LogP contribution in [-0.2, 0) is 18.2 Å². The van der Waals surface area contributed by atoms with Gasteiger partial charge in [-0.25, -0.2) is 0 Å². The van der Waals surface area contributed by atoms with Crippen molar-refractivity contribution in [3.8, 4) is 0 Å². The van der Waals surface area contributed by atoms with Crippen LogP contribution in [0.5, 0.6) is 0 Å². The molecule has 0 bridgehead atoms. The summed E-state index contributed by atoms with van der Waals surface area (Å²) in [5, 5.41) is 9.92. The Morgan fingerprint density at radius 2 is 2.17 bits per heavy atom. The molecule has 0 aliphatic carbocycles. The minimum absolute atomic E-state index is 0.0856. The Kier molecular flexibility index (Phi) is 6.06. The maximum absolute atomic E-state index is 12.6. The molecule has 0 saturated heterocycles. The number of pyridine rings is 1. The van der Waals surface area contributed by atoms with Gasteiger partial charge in [0, 0.05) is 6.20 Å². The lowest BCUT2D eigenvalue weighted by Gasteiger charge is -2.15. The third-order valence-electron chi connectivity index (χ3n) is 2.04. The van der Waals surface area contributed by atoms with Crippen molar-refractivity contribution in [1.29, 1.82) is 0 Å². The van der Waals surface area contributed by atoms with E-state index in [-0.39, 0.29) is 18.6 Å². The molecule has 3 atom stereocenters. The first kappa shape index (κ1) is 15.4. The number of nitrogens with zero attached hydrogens (tertiary/aromatic N) is 1. The van der Waals surface area contributed by atoms with E-state index in [0.717, 1.165) is 0 Å². The van der Waals surface area contributed by atoms with Gasteiger partial charge in [-0.05, 0) is 30.5 Å². The maximum atomic E-state index is 12.6. The van der Waals surface area contributed by atoms with E-state index in [1.807, 2.05) is 0 Å². The number of aromatic nitrogens is 1. The molecule has 0 spiro atoms. The molecule has 0 amide bonds. The van der Waals surface area contributed by atoms with Gasteiger partial charge in [0.25, 0.3) is 0 Å². The second-order valence-electron chi connectivity index (χ2n) is 3.25. The molecule has 1 rings (SSSR count). The summed E-state index contributed by atoms with van der Waals surface area (Å²) in [6.07, 6.45) is 1.43. The largest absolute Gasteiger partial charge is 0.551 e. The van der Waals surface area contributed by atoms with E-state index in [0.29, 0.717) is 0 Å². The first-order chi connectivity index (χ1) is 8.56. The minimum atomic E-state index is -3.71. The van der Waals surface area contributed by atoms with E-state index in [1.54, 1.807) is 26.0 Å². The van der Waals surface area contributed by atoms with Gasteiger partial charge >= 0.3 is 21.0 Å². The highest BCUT2D eigenvalue weighted by molar-refractivity contribution is 7.75. The number of aliphatic hydroxyl groups is 1. The molecule has 18 heavy (non-hydrogen) atoms. The lowest BCUT2D eigenvalue weighted by atomic mass is 10.5. The van der Waals surface area contributed by atoms with Crippen LogP contribution in [0.3, 0.4) is 0 Å². The summed E-state index contributed by atoms with van der Waals surface area (Å²) < 4.78 is 34.2. The van der Waals surface area contributed by atoms with Crippen molar-refractivity contribution < 1.29 is 23.3 Å². The second-order valence-corrected chi connectivity index (χ2v) is 7.38. The topological polar surface area (TPSA) is 85.7 Å². The molecule has 0 saturated carbocycles. The van der Waals surface area contributed by atoms with Gasteiger partial charge in [0.1, 0.15) is 5.44 Å². The second kappa shape index (κ2) is 7.07. The van der Waals surface area contributed by atoms with Crippen molar-refractivity contribution >= 4 is 20.8 Å². The number of aliphatic hydroxyl groups excluding tert-OH is 1. The van der Waals surface area contributed by atoms with Gasteiger partial charge in [0.2, 0.25) is 0 Å². The summed E-state index contributed by atoms with van der Waals surface area (Å²) in [6.45, 7) is 3.53. The summed E-state index contributed by atoms with van der Waals surface area (Å²) in [6, 6.07) is 4.73. The monoisotopic (exact) mass is 292 g/mol. The van der Waals surface area contributed by atoms with Gasteiger partial charge < -0.3 is 9.63 Å². The molecule has 3 unspecified atom stereocenters. The standard InChI is InChI=1S/C10H16NO5P2/c1-3-15-17(13)10(12)18(14,16-4-2)9-7-5-6-8-11-9/h5-8,10,12H,3-4H2,1-2H3/q+1. The van der Waals surface area contributed by atoms with Gasteiger partial charge in [-0.1, -0.05) is 6.07 Å². The van der Waals surface area contributed by atoms with Crippen molar-refractivity contribution in [2.45, 2.75) is 19.4 Å². The van der Waals surface area contributed by atoms with Crippen molar-refractivity contribution in [2.75, 3.05) is 13.2 Å². The fraction of sp³-hybridized carbons (Fsp3) is 0.500. The zero-order valence-electron chi connectivity index (χ0n) is 10.2. The Morgan fingerprint density at radius 1 is 1.44 bits per heavy atom. The molecule has 1 N–H and O–H groups in total. The van der Waals surface area contributed by atoms with E-state index < -0.39 is 21.0 Å². The van der Waals surface area contributed by atoms with Crippen molar-refractivity contribution in [1.82, 2.24) is 4.98 Å². The number of hydrogen-bond donors (Lipinski definition) is 1. The summed E-state index contributed by atoms with van der Waals surface area (Å²) >= 11 is 0. The summed E-state index contributed by atoms with van der Waals surface area (Å²) in [5.74, 6) is 0. The highest BCUT2D eigenvalue weighted by atomic mass is 31.2. The molecular formula is C10H16NO5P2+. The van der Waals surface area contributed by atoms with Crippen LogP contribution in [0.25, 0.3) is 0 Å². The molecule has 1 heterocycles. The van der Waals surface area contributed by atoms with Crippen LogP contribution in [0.15, 0.2) is 24.4 Å². The lowest BCUT2D eigenvalue weighted by Crippen LogP contribution is -2.20. The summed E-state index contributed by atoms with van der Waals surface area (Å²) in [4.78, 5) is 3.90. The van der Waals surface area contributed by atoms with E-state index in [9.17, 15) is 14.2 Å². The van der Waals surface area contributed by atoms with Crippen molar-refractivity contribution in [2.24, 2.45) is 0 Å². The first-order valence-electron chi connectivity index (χ1n) is 5.49. The van der Waals surface area contributed by atoms with Crippen molar-refractivity contribution in [3.63, 3.8) is 0 Å². The van der Waals surface area contributed by atoms with Crippen LogP contribution in [0.2, 0.25) is 0 Å². The van der Waals surface area contributed by atoms with Gasteiger partial charge in [-0.2, -0.15) is 0 Å². The van der Waals surface area contributed by atoms with Crippen LogP contribution in [0.1, 0.15) is 13.8 Å². The highest BCUT2D eigenvalue weighted by Gasteiger charge is 2.51. The molecule has 6 nitrogen and oxygen atoms in total. The van der Waals surface area contributed by atoms with E-state index in [2.05, 4.69) is 4.98 Å². The SMILES string of the molecule is CCO[P+](=O)C(O)P(=O)(OCC)c1ccccn1. The molecule has 8 heteroatoms. The zero-order valence-corrected chi connectivity index (χ0v) is 12.0. The highest BCUT2D eigenvalue weighted by Crippen LogP contribution is 2.57. The molecule has 0 aromatic carbocycles. The Balaban J connectivity index is 3.08. The Labute approximate surface area is 107 Å². The number of hydrogen-bond acceptors (Lipinski definition) is 6. The van der Waals surface area contributed by atoms with Gasteiger partial charge in [0.05, 0.1) is 13.2 Å². The summed E-state index contributed by atoms with van der Waals surface area (Å²) in [5.41, 5.74) is -1.62. The molecule has 0 aliphatic heterocycles. The van der Waals surface area contributed by atoms with Gasteiger partial charge in [0.15, 0.2) is 0 Å². The van der Waals surface area contributed by atoms with Crippen LogP contribution in [0.4, 0.5) is 0 Å². The Bertz CT molecular complexity index is 439. The van der Waals surface area contributed by atoms with E-state index in [4.69, 9.17) is 9.05 Å². The van der Waals surface area contributed by atoms with Crippen LogP contribution < -0.4 is 5.44 Å². The number of rotatable bonds is 7. The van der Waals surface area contributed by atoms with Crippen LogP contribution in [0, 0.1) is 0 Å². The van der Waals surface area contributed by atoms with Gasteiger partial charge in [-0.15, -0.1) is 4.52 Å². The fourth-order valence-electron chi connectivity index (χ4n) is 1.30. The average molecular weight is 292 g/mol. The smallest absolute Gasteiger partial charge is 0.341 e. The van der Waals surface area contributed by atoms with Crippen molar-refractivity contribution in [3.05, 3.63) is 24.4 Å². The molecule has 0 radical (unpaired) electrons. The van der Waals surface area contributed by atoms with Crippen LogP contribution >= 0.6 is 15.4 Å². The maximum Gasteiger partial charge on any atom is 0.551 e. The quantitative estimate of drug-likeness (QED) is 0.774. The van der Waals surface area contributed by atoms with Crippen LogP contribution in [-0.4, -0.2) is 28.9 Å². The minimum Gasteiger partial charge on any atom is -0.341 e. The Hall–Kier alpha value is -0.640. The molecule has 1 aromatic heterocycles. The predicted octanol–water partition coefficient (Wildman–Crippen LogP) is 2.08.